The van der Waals surface area contributed by atoms with Gasteiger partial charge in [-0.1, -0.05) is 91.0 Å². The lowest BCUT2D eigenvalue weighted by atomic mass is 10.2. The smallest absolute Gasteiger partial charge is 0.281 e. The van der Waals surface area contributed by atoms with Crippen LogP contribution in [0.15, 0.2) is 111 Å². The number of nitrogens with zero attached hydrogens (tertiary/aromatic N) is 4. The second-order valence-electron chi connectivity index (χ2n) is 7.65. The van der Waals surface area contributed by atoms with Crippen LogP contribution < -0.4 is 27.2 Å². The maximum absolute atomic E-state index is 13.1. The molecule has 0 fully saturated rings. The van der Waals surface area contributed by atoms with Gasteiger partial charge in [0.2, 0.25) is 0 Å². The summed E-state index contributed by atoms with van der Waals surface area (Å²) in [5, 5.41) is 12.1. The molecule has 0 aliphatic carbocycles. The first-order chi connectivity index (χ1) is 16.5. The van der Waals surface area contributed by atoms with Gasteiger partial charge in [-0.05, 0) is 6.08 Å². The Morgan fingerprint density at radius 3 is 1.62 bits per heavy atom. The lowest BCUT2D eigenvalue weighted by Crippen LogP contribution is -2.38. The summed E-state index contributed by atoms with van der Waals surface area (Å²) in [6, 6.07) is 31.7. The minimum absolute atomic E-state index is 0.193. The summed E-state index contributed by atoms with van der Waals surface area (Å²) in [5.41, 5.74) is -0.788. The number of nitriles is 1. The Bertz CT molecular complexity index is 1460. The van der Waals surface area contributed by atoms with Crippen molar-refractivity contribution in [3.05, 3.63) is 123 Å². The molecule has 0 bridgehead atoms. The summed E-state index contributed by atoms with van der Waals surface area (Å²) >= 11 is 0. The zero-order chi connectivity index (χ0) is 24.1. The zero-order valence-corrected chi connectivity index (χ0v) is 19.8. The van der Waals surface area contributed by atoms with Gasteiger partial charge in [0.25, 0.3) is 5.56 Å². The third kappa shape index (κ3) is 3.98. The molecule has 0 N–H and O–H groups in total. The van der Waals surface area contributed by atoms with Crippen molar-refractivity contribution in [3.63, 3.8) is 0 Å². The molecule has 7 heteroatoms. The highest BCUT2D eigenvalue weighted by molar-refractivity contribution is 7.87. The largest absolute Gasteiger partial charge is 0.332 e. The van der Waals surface area contributed by atoms with E-state index in [2.05, 4.69) is 0 Å². The molecule has 0 aliphatic heterocycles. The van der Waals surface area contributed by atoms with Crippen molar-refractivity contribution < 1.29 is 0 Å². The van der Waals surface area contributed by atoms with Crippen LogP contribution in [-0.4, -0.2) is 9.13 Å². The predicted octanol–water partition coefficient (Wildman–Crippen LogP) is 3.43. The molecular weight excluding hydrogens is 443 g/mol. The second kappa shape index (κ2) is 9.74. The van der Waals surface area contributed by atoms with Crippen molar-refractivity contribution in [2.75, 3.05) is 0 Å². The normalized spacial score (nSPS) is 11.3. The molecule has 1 aromatic heterocycles. The summed E-state index contributed by atoms with van der Waals surface area (Å²) < 4.78 is 7.72. The molecule has 4 aromatic rings. The van der Waals surface area contributed by atoms with Gasteiger partial charge < -0.3 is 0 Å². The van der Waals surface area contributed by atoms with Crippen LogP contribution in [0, 0.1) is 11.3 Å². The summed E-state index contributed by atoms with van der Waals surface area (Å²) in [5.74, 6) is 0.240. The zero-order valence-electron chi connectivity index (χ0n) is 18.9. The molecule has 0 saturated carbocycles. The summed E-state index contributed by atoms with van der Waals surface area (Å²) in [6.07, 6.45) is 2.66. The molecular formula is C27H23N4O2P. The van der Waals surface area contributed by atoms with Crippen LogP contribution in [0.3, 0.4) is 0 Å². The molecule has 0 aliphatic rings. The highest BCUT2D eigenvalue weighted by Gasteiger charge is 2.29. The monoisotopic (exact) mass is 466 g/mol. The molecule has 168 valence electrons. The van der Waals surface area contributed by atoms with E-state index in [1.165, 1.54) is 23.8 Å². The van der Waals surface area contributed by atoms with E-state index < -0.39 is 18.3 Å². The second-order valence-corrected chi connectivity index (χ2v) is 10.7. The van der Waals surface area contributed by atoms with Crippen molar-refractivity contribution in [3.8, 4) is 6.07 Å². The summed E-state index contributed by atoms with van der Waals surface area (Å²) in [4.78, 5) is 26.0. The summed E-state index contributed by atoms with van der Waals surface area (Å²) in [6.45, 7) is 0. The number of allylic oxidation sites excluding steroid dienone is 1. The lowest BCUT2D eigenvalue weighted by Gasteiger charge is -2.27. The molecule has 0 atom stereocenters. The minimum atomic E-state index is -2.72. The Hall–Kier alpha value is -4.20. The van der Waals surface area contributed by atoms with Gasteiger partial charge in [0, 0.05) is 36.1 Å². The maximum atomic E-state index is 13.1. The molecule has 0 unspecified atom stereocenters. The van der Waals surface area contributed by atoms with E-state index in [1.54, 1.807) is 7.05 Å². The molecule has 0 spiro atoms. The molecule has 34 heavy (non-hydrogen) atoms. The molecule has 4 rings (SSSR count). The van der Waals surface area contributed by atoms with Gasteiger partial charge in [-0.25, -0.2) is 9.54 Å². The van der Waals surface area contributed by atoms with Crippen molar-refractivity contribution >= 4 is 34.9 Å². The van der Waals surface area contributed by atoms with E-state index in [1.807, 2.05) is 97.1 Å². The topological polar surface area (TPSA) is 80.2 Å². The molecule has 0 amide bonds. The highest BCUT2D eigenvalue weighted by Crippen LogP contribution is 2.49. The quantitative estimate of drug-likeness (QED) is 0.334. The fraction of sp³-hybridized carbons (Fsp3) is 0.0741. The Morgan fingerprint density at radius 2 is 1.21 bits per heavy atom. The van der Waals surface area contributed by atoms with E-state index in [0.717, 1.165) is 20.5 Å². The van der Waals surface area contributed by atoms with Gasteiger partial charge in [-0.15, -0.1) is 0 Å². The molecule has 0 radical (unpaired) electrons. The van der Waals surface area contributed by atoms with Crippen molar-refractivity contribution in [2.24, 2.45) is 18.8 Å². The van der Waals surface area contributed by atoms with Gasteiger partial charge in [-0.2, -0.15) is 5.26 Å². The van der Waals surface area contributed by atoms with Gasteiger partial charge in [0.1, 0.15) is 5.82 Å². The van der Waals surface area contributed by atoms with E-state index >= 15 is 0 Å². The SMILES string of the molecule is Cn1c(N=P(c2ccccc2)(c2ccccc2)c2ccccc2)c(/C=C/C#N)c(=O)n(C)c1=O. The molecule has 1 heterocycles. The predicted molar refractivity (Wildman–Crippen MR) is 139 cm³/mol. The van der Waals surface area contributed by atoms with Crippen LogP contribution in [0.25, 0.3) is 6.08 Å². The van der Waals surface area contributed by atoms with Gasteiger partial charge in [0.15, 0.2) is 0 Å². The van der Waals surface area contributed by atoms with E-state index in [9.17, 15) is 9.59 Å². The average molecular weight is 466 g/mol. The first-order valence-corrected chi connectivity index (χ1v) is 12.4. The maximum Gasteiger partial charge on any atom is 0.332 e. The van der Waals surface area contributed by atoms with Crippen molar-refractivity contribution in [2.45, 2.75) is 0 Å². The van der Waals surface area contributed by atoms with Crippen LogP contribution >= 0.6 is 7.05 Å². The summed E-state index contributed by atoms with van der Waals surface area (Å²) in [7, 11) is 0.304. The number of hydrogen-bond donors (Lipinski definition) is 0. The van der Waals surface area contributed by atoms with Crippen molar-refractivity contribution in [1.82, 2.24) is 9.13 Å². The Labute approximate surface area is 197 Å². The van der Waals surface area contributed by atoms with Crippen LogP contribution in [0.5, 0.6) is 0 Å². The van der Waals surface area contributed by atoms with Crippen molar-refractivity contribution in [1.29, 1.82) is 5.26 Å². The van der Waals surface area contributed by atoms with Gasteiger partial charge in [0.05, 0.1) is 18.7 Å². The number of hydrogen-bond acceptors (Lipinski definition) is 4. The lowest BCUT2D eigenvalue weighted by molar-refractivity contribution is 0.687. The van der Waals surface area contributed by atoms with Crippen LogP contribution in [0.2, 0.25) is 0 Å². The molecule has 0 saturated heterocycles. The first kappa shape index (κ1) is 23.0. The number of benzene rings is 3. The average Bonchev–Trinajstić information content (AvgIpc) is 2.90. The third-order valence-corrected chi connectivity index (χ3v) is 9.25. The highest BCUT2D eigenvalue weighted by atomic mass is 31.2. The fourth-order valence-electron chi connectivity index (χ4n) is 3.94. The Balaban J connectivity index is 2.28. The Morgan fingerprint density at radius 1 is 0.765 bits per heavy atom. The molecule has 6 nitrogen and oxygen atoms in total. The molecule has 3 aromatic carbocycles. The van der Waals surface area contributed by atoms with Crippen LogP contribution in [0.1, 0.15) is 5.56 Å². The van der Waals surface area contributed by atoms with E-state index in [0.29, 0.717) is 0 Å². The number of rotatable bonds is 5. The van der Waals surface area contributed by atoms with Gasteiger partial charge in [-0.3, -0.25) is 13.9 Å². The van der Waals surface area contributed by atoms with E-state index in [4.69, 9.17) is 10.0 Å². The fourth-order valence-corrected chi connectivity index (χ4v) is 7.52. The van der Waals surface area contributed by atoms with E-state index in [-0.39, 0.29) is 11.4 Å². The minimum Gasteiger partial charge on any atom is -0.281 e. The van der Waals surface area contributed by atoms with Gasteiger partial charge >= 0.3 is 5.69 Å². The first-order valence-electron chi connectivity index (χ1n) is 10.7. The van der Waals surface area contributed by atoms with Crippen LogP contribution in [-0.2, 0) is 14.1 Å². The third-order valence-electron chi connectivity index (χ3n) is 5.63. The standard InChI is InChI=1S/C27H23N4O2P/c1-30-25(24(19-12-20-28)26(32)31(2)27(30)33)29-34(21-13-6-3-7-14-21,22-15-8-4-9-16-22)23-17-10-5-11-18-23/h3-19H,1-2H3/b19-12+. The Kier molecular flexibility index (Phi) is 6.58. The number of aromatic nitrogens is 2. The van der Waals surface area contributed by atoms with Crippen LogP contribution in [0.4, 0.5) is 5.82 Å².